The van der Waals surface area contributed by atoms with Gasteiger partial charge in [-0.05, 0) is 44.7 Å². The van der Waals surface area contributed by atoms with Crippen LogP contribution in [0.1, 0.15) is 62.4 Å². The Hall–Kier alpha value is -1.39. The van der Waals surface area contributed by atoms with E-state index in [0.29, 0.717) is 11.7 Å². The fraction of sp³-hybridized carbons (Fsp3) is 0.529. The zero-order valence-corrected chi connectivity index (χ0v) is 14.2. The number of rotatable bonds is 3. The van der Waals surface area contributed by atoms with Gasteiger partial charge in [0, 0.05) is 0 Å². The van der Waals surface area contributed by atoms with E-state index in [1.807, 2.05) is 12.1 Å². The van der Waals surface area contributed by atoms with Gasteiger partial charge in [0.2, 0.25) is 5.89 Å². The molecule has 1 aromatic heterocycles. The SMILES string of the molecule is Cc1ccccc1C(C)(C)c1nc(C2(N)CCCC2)no1.Cl. The van der Waals surface area contributed by atoms with Gasteiger partial charge in [0.1, 0.15) is 0 Å². The van der Waals surface area contributed by atoms with Crippen molar-refractivity contribution in [2.75, 3.05) is 0 Å². The van der Waals surface area contributed by atoms with Crippen molar-refractivity contribution in [3.63, 3.8) is 0 Å². The van der Waals surface area contributed by atoms with Crippen LogP contribution in [0.25, 0.3) is 0 Å². The van der Waals surface area contributed by atoms with E-state index >= 15 is 0 Å². The molecule has 0 unspecified atom stereocenters. The van der Waals surface area contributed by atoms with Gasteiger partial charge in [0.15, 0.2) is 5.82 Å². The minimum Gasteiger partial charge on any atom is -0.338 e. The van der Waals surface area contributed by atoms with Crippen LogP contribution in [0.5, 0.6) is 0 Å². The molecule has 22 heavy (non-hydrogen) atoms. The molecule has 1 aliphatic carbocycles. The van der Waals surface area contributed by atoms with Crippen molar-refractivity contribution in [3.05, 3.63) is 47.1 Å². The molecule has 1 saturated carbocycles. The number of benzene rings is 1. The third kappa shape index (κ3) is 2.77. The maximum absolute atomic E-state index is 6.42. The first kappa shape index (κ1) is 17.0. The molecule has 1 aromatic carbocycles. The van der Waals surface area contributed by atoms with Crippen molar-refractivity contribution in [2.24, 2.45) is 5.73 Å². The molecule has 1 heterocycles. The minimum absolute atomic E-state index is 0. The largest absolute Gasteiger partial charge is 0.338 e. The number of aryl methyl sites for hydroxylation is 1. The van der Waals surface area contributed by atoms with Crippen LogP contribution in [0, 0.1) is 6.92 Å². The molecule has 0 saturated heterocycles. The van der Waals surface area contributed by atoms with E-state index in [1.165, 1.54) is 11.1 Å². The lowest BCUT2D eigenvalue weighted by Gasteiger charge is -2.23. The van der Waals surface area contributed by atoms with E-state index in [4.69, 9.17) is 10.3 Å². The molecule has 0 radical (unpaired) electrons. The van der Waals surface area contributed by atoms with Gasteiger partial charge in [-0.25, -0.2) is 0 Å². The summed E-state index contributed by atoms with van der Waals surface area (Å²) < 4.78 is 5.58. The summed E-state index contributed by atoms with van der Waals surface area (Å²) in [6.45, 7) is 6.34. The number of hydrogen-bond donors (Lipinski definition) is 1. The summed E-state index contributed by atoms with van der Waals surface area (Å²) >= 11 is 0. The molecule has 4 nitrogen and oxygen atoms in total. The monoisotopic (exact) mass is 321 g/mol. The Morgan fingerprint density at radius 1 is 1.18 bits per heavy atom. The van der Waals surface area contributed by atoms with Gasteiger partial charge in [0.25, 0.3) is 0 Å². The molecule has 3 rings (SSSR count). The average molecular weight is 322 g/mol. The van der Waals surface area contributed by atoms with Crippen molar-refractivity contribution in [3.8, 4) is 0 Å². The highest BCUT2D eigenvalue weighted by Crippen LogP contribution is 2.37. The quantitative estimate of drug-likeness (QED) is 0.932. The predicted octanol–water partition coefficient (Wildman–Crippen LogP) is 3.85. The molecule has 2 aromatic rings. The molecule has 2 N–H and O–H groups in total. The summed E-state index contributed by atoms with van der Waals surface area (Å²) in [6, 6.07) is 8.31. The molecular weight excluding hydrogens is 298 g/mol. The Morgan fingerprint density at radius 3 is 2.45 bits per heavy atom. The summed E-state index contributed by atoms with van der Waals surface area (Å²) in [4.78, 5) is 4.65. The van der Waals surface area contributed by atoms with Crippen molar-refractivity contribution in [1.29, 1.82) is 0 Å². The average Bonchev–Trinajstić information content (AvgIpc) is 3.08. The van der Waals surface area contributed by atoms with E-state index in [1.54, 1.807) is 0 Å². The van der Waals surface area contributed by atoms with Gasteiger partial charge in [-0.3, -0.25) is 0 Å². The summed E-state index contributed by atoms with van der Waals surface area (Å²) in [7, 11) is 0. The summed E-state index contributed by atoms with van der Waals surface area (Å²) in [5.41, 5.74) is 8.14. The van der Waals surface area contributed by atoms with Crippen molar-refractivity contribution >= 4 is 12.4 Å². The van der Waals surface area contributed by atoms with Crippen LogP contribution in [0.3, 0.4) is 0 Å². The highest BCUT2D eigenvalue weighted by atomic mass is 35.5. The molecule has 120 valence electrons. The second-order valence-corrected chi connectivity index (χ2v) is 6.73. The summed E-state index contributed by atoms with van der Waals surface area (Å²) in [6.07, 6.45) is 4.16. The second kappa shape index (κ2) is 6.01. The zero-order valence-electron chi connectivity index (χ0n) is 13.4. The third-order valence-electron chi connectivity index (χ3n) is 4.72. The smallest absolute Gasteiger partial charge is 0.236 e. The molecule has 1 aliphatic rings. The minimum atomic E-state index is -0.399. The van der Waals surface area contributed by atoms with Crippen LogP contribution < -0.4 is 5.73 Å². The Bertz CT molecular complexity index is 645. The van der Waals surface area contributed by atoms with Gasteiger partial charge in [-0.2, -0.15) is 4.98 Å². The highest BCUT2D eigenvalue weighted by Gasteiger charge is 2.38. The van der Waals surface area contributed by atoms with Crippen LogP contribution >= 0.6 is 12.4 Å². The third-order valence-corrected chi connectivity index (χ3v) is 4.72. The van der Waals surface area contributed by atoms with Gasteiger partial charge in [-0.15, -0.1) is 12.4 Å². The lowest BCUT2D eigenvalue weighted by molar-refractivity contribution is 0.318. The number of halogens is 1. The second-order valence-electron chi connectivity index (χ2n) is 6.73. The van der Waals surface area contributed by atoms with E-state index in [2.05, 4.69) is 43.0 Å². The van der Waals surface area contributed by atoms with E-state index in [0.717, 1.165) is 25.7 Å². The molecule has 5 heteroatoms. The van der Waals surface area contributed by atoms with E-state index in [9.17, 15) is 0 Å². The number of nitrogens with zero attached hydrogens (tertiary/aromatic N) is 2. The summed E-state index contributed by atoms with van der Waals surface area (Å²) in [5, 5.41) is 4.18. The van der Waals surface area contributed by atoms with Crippen molar-refractivity contribution < 1.29 is 4.52 Å². The normalized spacial score (nSPS) is 17.3. The number of aromatic nitrogens is 2. The molecule has 0 amide bonds. The van der Waals surface area contributed by atoms with Gasteiger partial charge in [-0.1, -0.05) is 42.3 Å². The van der Waals surface area contributed by atoms with Gasteiger partial charge < -0.3 is 10.3 Å². The standard InChI is InChI=1S/C17H23N3O.ClH/c1-12-8-4-5-9-13(12)16(2,3)15-19-14(20-21-15)17(18)10-6-7-11-17;/h4-5,8-9H,6-7,10-11,18H2,1-3H3;1H. The maximum Gasteiger partial charge on any atom is 0.236 e. The Labute approximate surface area is 137 Å². The molecular formula is C17H24ClN3O. The van der Waals surface area contributed by atoms with Crippen molar-refractivity contribution in [1.82, 2.24) is 10.1 Å². The molecule has 0 aliphatic heterocycles. The Kier molecular flexibility index (Phi) is 4.64. The number of nitrogens with two attached hydrogens (primary N) is 1. The molecule has 0 spiro atoms. The van der Waals surface area contributed by atoms with E-state index in [-0.39, 0.29) is 17.8 Å². The molecule has 1 fully saturated rings. The van der Waals surface area contributed by atoms with Crippen LogP contribution in [-0.4, -0.2) is 10.1 Å². The van der Waals surface area contributed by atoms with Crippen LogP contribution in [0.15, 0.2) is 28.8 Å². The Balaban J connectivity index is 0.00000176. The van der Waals surface area contributed by atoms with Gasteiger partial charge >= 0.3 is 0 Å². The first-order chi connectivity index (χ1) is 9.93. The molecule has 0 bridgehead atoms. The van der Waals surface area contributed by atoms with Crippen LogP contribution in [-0.2, 0) is 11.0 Å². The lowest BCUT2D eigenvalue weighted by atomic mass is 9.82. The fourth-order valence-electron chi connectivity index (χ4n) is 3.30. The summed E-state index contributed by atoms with van der Waals surface area (Å²) in [5.74, 6) is 1.31. The van der Waals surface area contributed by atoms with Crippen LogP contribution in [0.2, 0.25) is 0 Å². The van der Waals surface area contributed by atoms with Crippen molar-refractivity contribution in [2.45, 2.75) is 57.4 Å². The Morgan fingerprint density at radius 2 is 1.82 bits per heavy atom. The topological polar surface area (TPSA) is 64.9 Å². The van der Waals surface area contributed by atoms with E-state index < -0.39 is 5.54 Å². The number of hydrogen-bond acceptors (Lipinski definition) is 4. The first-order valence-corrected chi connectivity index (χ1v) is 7.63. The highest BCUT2D eigenvalue weighted by molar-refractivity contribution is 5.85. The lowest BCUT2D eigenvalue weighted by Crippen LogP contribution is -2.34. The predicted molar refractivity (Wildman–Crippen MR) is 89.2 cm³/mol. The van der Waals surface area contributed by atoms with Crippen LogP contribution in [0.4, 0.5) is 0 Å². The molecule has 0 atom stereocenters. The van der Waals surface area contributed by atoms with Gasteiger partial charge in [0.05, 0.1) is 11.0 Å². The first-order valence-electron chi connectivity index (χ1n) is 7.63. The maximum atomic E-state index is 6.42. The fourth-order valence-corrected chi connectivity index (χ4v) is 3.30. The zero-order chi connectivity index (χ0) is 15.1.